The summed E-state index contributed by atoms with van der Waals surface area (Å²) in [5.41, 5.74) is 2.49. The molecule has 2 atom stereocenters. The second-order valence-electron chi connectivity index (χ2n) is 10.1. The van der Waals surface area contributed by atoms with Gasteiger partial charge in [0, 0.05) is 43.2 Å². The molecule has 41 heavy (non-hydrogen) atoms. The second kappa shape index (κ2) is 12.3. The molecule has 0 saturated carbocycles. The number of carbonyl (C=O) groups excluding carboxylic acids is 1. The highest BCUT2D eigenvalue weighted by Crippen LogP contribution is 2.41. The number of ether oxygens (including phenoxy) is 1. The number of halogens is 2. The molecule has 5 rings (SSSR count). The number of hydrogen-bond acceptors (Lipinski definition) is 9. The van der Waals surface area contributed by atoms with Crippen molar-refractivity contribution in [1.82, 2.24) is 14.9 Å². The number of nitrogens with one attached hydrogen (secondary N) is 2. The van der Waals surface area contributed by atoms with Crippen molar-refractivity contribution in [3.8, 4) is 5.75 Å². The van der Waals surface area contributed by atoms with E-state index in [9.17, 15) is 9.18 Å². The molecule has 12 heteroatoms. The van der Waals surface area contributed by atoms with Crippen LogP contribution in [0.25, 0.3) is 0 Å². The van der Waals surface area contributed by atoms with Gasteiger partial charge in [0.1, 0.15) is 23.7 Å². The summed E-state index contributed by atoms with van der Waals surface area (Å²) < 4.78 is 20.6. The summed E-state index contributed by atoms with van der Waals surface area (Å²) in [5.74, 6) is 0.682. The van der Waals surface area contributed by atoms with E-state index >= 15 is 0 Å². The molecule has 3 heterocycles. The first kappa shape index (κ1) is 28.6. The summed E-state index contributed by atoms with van der Waals surface area (Å²) in [5, 5.41) is 7.85. The molecule has 2 aliphatic heterocycles. The highest BCUT2D eigenvalue weighted by atomic mass is 35.5. The number of likely N-dealkylation sites (N-methyl/N-ethyl adjacent to an activating group) is 1. The largest absolute Gasteiger partial charge is 0.494 e. The minimum Gasteiger partial charge on any atom is -0.494 e. The molecule has 1 amide bonds. The maximum absolute atomic E-state index is 14.8. The van der Waals surface area contributed by atoms with E-state index in [0.29, 0.717) is 53.4 Å². The standard InChI is InChI=1S/C29H33ClFN7O3/c1-5-28(39)35-21-13-22(25(40-4)14-24(21)37-11-9-18(16-37)36(2)3)34-26-15-27(33-17-32-26)38-23(10-12-41-38)19-7-6-8-20(30)29(19)31/h5-8,13-15,17-18,23H,1,9-12,16H2,2-4H3,(H,35,39)(H,32,33,34)/t18-,23-/m1/s1. The molecule has 0 radical (unpaired) electrons. The number of methoxy groups -OCH3 is 1. The summed E-state index contributed by atoms with van der Waals surface area (Å²) in [7, 11) is 5.73. The topological polar surface area (TPSA) is 95.1 Å². The molecule has 0 aliphatic carbocycles. The van der Waals surface area contributed by atoms with E-state index in [1.807, 2.05) is 12.1 Å². The Balaban J connectivity index is 1.45. The van der Waals surface area contributed by atoms with Crippen molar-refractivity contribution in [3.63, 3.8) is 0 Å². The van der Waals surface area contributed by atoms with Crippen LogP contribution in [0.15, 0.2) is 55.4 Å². The molecular weight excluding hydrogens is 549 g/mol. The lowest BCUT2D eigenvalue weighted by Gasteiger charge is -2.26. The van der Waals surface area contributed by atoms with Crippen molar-refractivity contribution in [2.45, 2.75) is 24.9 Å². The van der Waals surface area contributed by atoms with Crippen molar-refractivity contribution >= 4 is 46.2 Å². The van der Waals surface area contributed by atoms with Crippen molar-refractivity contribution in [2.24, 2.45) is 0 Å². The first-order chi connectivity index (χ1) is 19.8. The maximum Gasteiger partial charge on any atom is 0.247 e. The summed E-state index contributed by atoms with van der Waals surface area (Å²) in [6, 6.07) is 10.3. The van der Waals surface area contributed by atoms with E-state index in [2.05, 4.69) is 51.1 Å². The van der Waals surface area contributed by atoms with Gasteiger partial charge in [0.15, 0.2) is 5.82 Å². The zero-order valence-electron chi connectivity index (χ0n) is 23.2. The summed E-state index contributed by atoms with van der Waals surface area (Å²) in [6.07, 6.45) is 4.21. The fourth-order valence-corrected chi connectivity index (χ4v) is 5.37. The summed E-state index contributed by atoms with van der Waals surface area (Å²) >= 11 is 6.04. The van der Waals surface area contributed by atoms with Gasteiger partial charge in [0.25, 0.3) is 0 Å². The third-order valence-electron chi connectivity index (χ3n) is 7.38. The predicted molar refractivity (Wildman–Crippen MR) is 159 cm³/mol. The first-order valence-electron chi connectivity index (χ1n) is 13.3. The van der Waals surface area contributed by atoms with Gasteiger partial charge in [-0.05, 0) is 38.7 Å². The third-order valence-corrected chi connectivity index (χ3v) is 7.67. The van der Waals surface area contributed by atoms with E-state index in [0.717, 1.165) is 25.2 Å². The van der Waals surface area contributed by atoms with Crippen molar-refractivity contribution < 1.29 is 18.8 Å². The van der Waals surface area contributed by atoms with Gasteiger partial charge in [0.2, 0.25) is 5.91 Å². The lowest BCUT2D eigenvalue weighted by molar-refractivity contribution is -0.111. The normalized spacial score (nSPS) is 18.6. The number of amides is 1. The van der Waals surface area contributed by atoms with Crippen molar-refractivity contribution in [2.75, 3.05) is 61.5 Å². The van der Waals surface area contributed by atoms with Crippen molar-refractivity contribution in [3.05, 3.63) is 71.8 Å². The van der Waals surface area contributed by atoms with E-state index in [4.69, 9.17) is 21.2 Å². The Morgan fingerprint density at radius 2 is 2.07 bits per heavy atom. The van der Waals surface area contributed by atoms with Crippen LogP contribution in [0.3, 0.4) is 0 Å². The Bertz CT molecular complexity index is 1440. The van der Waals surface area contributed by atoms with Gasteiger partial charge < -0.3 is 25.2 Å². The minimum absolute atomic E-state index is 0.0560. The van der Waals surface area contributed by atoms with Crippen LogP contribution in [0.4, 0.5) is 33.1 Å². The van der Waals surface area contributed by atoms with E-state index in [1.54, 1.807) is 30.4 Å². The van der Waals surface area contributed by atoms with Crippen LogP contribution in [0.2, 0.25) is 5.02 Å². The fraction of sp³-hybridized carbons (Fsp3) is 0.345. The SMILES string of the molecule is C=CC(=O)Nc1cc(Nc2cc(N3OCC[C@@H]3c3cccc(Cl)c3F)ncn2)c(OC)cc1N1CC[C@@H](N(C)C)C1. The number of rotatable bonds is 9. The van der Waals surface area contributed by atoms with Crippen LogP contribution in [0, 0.1) is 5.82 Å². The summed E-state index contributed by atoms with van der Waals surface area (Å²) in [6.45, 7) is 5.65. The Hall–Kier alpha value is -3.93. The maximum atomic E-state index is 14.8. The zero-order chi connectivity index (χ0) is 29.1. The van der Waals surface area contributed by atoms with Crippen LogP contribution in [-0.2, 0) is 9.63 Å². The molecule has 2 fully saturated rings. The molecule has 2 saturated heterocycles. The molecule has 1 aromatic heterocycles. The molecular formula is C29H33ClFN7O3. The minimum atomic E-state index is -0.476. The predicted octanol–water partition coefficient (Wildman–Crippen LogP) is 5.17. The molecule has 0 spiro atoms. The fourth-order valence-electron chi connectivity index (χ4n) is 5.19. The first-order valence-corrected chi connectivity index (χ1v) is 13.7. The van der Waals surface area contributed by atoms with Crippen LogP contribution in [-0.4, -0.2) is 67.7 Å². The number of anilines is 5. The van der Waals surface area contributed by atoms with Gasteiger partial charge in [-0.15, -0.1) is 0 Å². The monoisotopic (exact) mass is 581 g/mol. The van der Waals surface area contributed by atoms with E-state index < -0.39 is 11.9 Å². The highest BCUT2D eigenvalue weighted by Gasteiger charge is 2.32. The Morgan fingerprint density at radius 1 is 1.24 bits per heavy atom. The molecule has 216 valence electrons. The van der Waals surface area contributed by atoms with Gasteiger partial charge in [-0.1, -0.05) is 30.3 Å². The smallest absolute Gasteiger partial charge is 0.247 e. The third kappa shape index (κ3) is 6.07. The Kier molecular flexibility index (Phi) is 8.57. The van der Waals surface area contributed by atoms with Crippen molar-refractivity contribution in [1.29, 1.82) is 0 Å². The molecule has 2 aliphatic rings. The van der Waals surface area contributed by atoms with Crippen LogP contribution >= 0.6 is 11.6 Å². The van der Waals surface area contributed by atoms with Gasteiger partial charge >= 0.3 is 0 Å². The van der Waals surface area contributed by atoms with E-state index in [1.165, 1.54) is 18.5 Å². The second-order valence-corrected chi connectivity index (χ2v) is 10.5. The Labute approximate surface area is 243 Å². The quantitative estimate of drug-likeness (QED) is 0.332. The van der Waals surface area contributed by atoms with E-state index in [-0.39, 0.29) is 10.9 Å². The number of carbonyl (C=O) groups is 1. The average Bonchev–Trinajstić information content (AvgIpc) is 3.66. The highest BCUT2D eigenvalue weighted by molar-refractivity contribution is 6.30. The molecule has 3 aromatic rings. The van der Waals surface area contributed by atoms with Crippen LogP contribution in [0.5, 0.6) is 5.75 Å². The van der Waals surface area contributed by atoms with Crippen LogP contribution < -0.4 is 25.3 Å². The molecule has 0 bridgehead atoms. The lowest BCUT2D eigenvalue weighted by atomic mass is 10.0. The zero-order valence-corrected chi connectivity index (χ0v) is 24.0. The molecule has 10 nitrogen and oxygen atoms in total. The van der Waals surface area contributed by atoms with Gasteiger partial charge in [-0.3, -0.25) is 9.63 Å². The average molecular weight is 582 g/mol. The van der Waals surface area contributed by atoms with Crippen LogP contribution in [0.1, 0.15) is 24.4 Å². The number of hydrogen-bond donors (Lipinski definition) is 2. The number of aromatic nitrogens is 2. The van der Waals surface area contributed by atoms with Gasteiger partial charge in [-0.2, -0.15) is 0 Å². The summed E-state index contributed by atoms with van der Waals surface area (Å²) in [4.78, 5) is 31.4. The number of nitrogens with zero attached hydrogens (tertiary/aromatic N) is 5. The number of benzene rings is 2. The molecule has 0 unspecified atom stereocenters. The Morgan fingerprint density at radius 3 is 2.80 bits per heavy atom. The molecule has 2 aromatic carbocycles. The number of hydroxylamine groups is 1. The van der Waals surface area contributed by atoms with Gasteiger partial charge in [0.05, 0.1) is 41.8 Å². The lowest BCUT2D eigenvalue weighted by Crippen LogP contribution is -2.31. The van der Waals surface area contributed by atoms with Gasteiger partial charge in [-0.25, -0.2) is 19.4 Å². The molecule has 2 N–H and O–H groups in total.